The van der Waals surface area contributed by atoms with Gasteiger partial charge in [0.15, 0.2) is 0 Å². The molecule has 118 valence electrons. The molecule has 2 heterocycles. The summed E-state index contributed by atoms with van der Waals surface area (Å²) in [7, 11) is 0. The molecule has 0 radical (unpaired) electrons. The number of aryl methyl sites for hydroxylation is 1. The van der Waals surface area contributed by atoms with E-state index in [0.717, 1.165) is 18.9 Å². The Morgan fingerprint density at radius 3 is 2.24 bits per heavy atom. The Morgan fingerprint density at radius 2 is 1.76 bits per heavy atom. The number of hydrogen-bond acceptors (Lipinski definition) is 4. The van der Waals surface area contributed by atoms with Crippen LogP contribution in [0.25, 0.3) is 0 Å². The highest BCUT2D eigenvalue weighted by Gasteiger charge is 2.35. The second-order valence-electron chi connectivity index (χ2n) is 6.07. The fourth-order valence-corrected chi connectivity index (χ4v) is 2.67. The number of rotatable bonds is 2. The van der Waals surface area contributed by atoms with Crippen LogP contribution < -0.4 is 4.90 Å². The van der Waals surface area contributed by atoms with Crippen molar-refractivity contribution in [1.82, 2.24) is 9.97 Å². The summed E-state index contributed by atoms with van der Waals surface area (Å²) in [6.45, 7) is 6.17. The second-order valence-corrected chi connectivity index (χ2v) is 6.07. The molecule has 0 unspecified atom stereocenters. The van der Waals surface area contributed by atoms with E-state index in [1.165, 1.54) is 6.92 Å². The lowest BCUT2D eigenvalue weighted by Gasteiger charge is -2.38. The molecule has 0 saturated carbocycles. The number of halogens is 3. The van der Waals surface area contributed by atoms with E-state index in [2.05, 4.69) is 9.97 Å². The summed E-state index contributed by atoms with van der Waals surface area (Å²) in [5.74, 6) is 0.576. The molecular formula is C14H20F3N3O. The van der Waals surface area contributed by atoms with Crippen molar-refractivity contribution in [2.75, 3.05) is 18.0 Å². The molecule has 0 spiro atoms. The molecule has 1 aliphatic heterocycles. The van der Waals surface area contributed by atoms with Crippen molar-refractivity contribution in [1.29, 1.82) is 0 Å². The molecule has 0 aliphatic carbocycles. The van der Waals surface area contributed by atoms with Crippen LogP contribution in [-0.2, 0) is 6.18 Å². The zero-order valence-corrected chi connectivity index (χ0v) is 12.4. The maximum atomic E-state index is 12.8. The Kier molecular flexibility index (Phi) is 4.15. The minimum absolute atomic E-state index is 0.115. The van der Waals surface area contributed by atoms with E-state index < -0.39 is 17.5 Å². The molecule has 7 heteroatoms. The zero-order valence-electron chi connectivity index (χ0n) is 12.4. The van der Waals surface area contributed by atoms with Crippen molar-refractivity contribution < 1.29 is 18.3 Å². The molecule has 0 amide bonds. The fourth-order valence-electron chi connectivity index (χ4n) is 2.67. The molecule has 1 aromatic heterocycles. The van der Waals surface area contributed by atoms with Crippen molar-refractivity contribution in [3.8, 4) is 0 Å². The highest BCUT2D eigenvalue weighted by Crippen LogP contribution is 2.32. The van der Waals surface area contributed by atoms with E-state index >= 15 is 0 Å². The molecule has 21 heavy (non-hydrogen) atoms. The van der Waals surface area contributed by atoms with Crippen LogP contribution in [0, 0.1) is 12.8 Å². The monoisotopic (exact) mass is 303 g/mol. The van der Waals surface area contributed by atoms with Crippen molar-refractivity contribution in [3.63, 3.8) is 0 Å². The first-order valence-corrected chi connectivity index (χ1v) is 6.97. The topological polar surface area (TPSA) is 49.2 Å². The van der Waals surface area contributed by atoms with Gasteiger partial charge in [0.2, 0.25) is 0 Å². The number of aromatic nitrogens is 2. The third-order valence-corrected chi connectivity index (χ3v) is 3.93. The van der Waals surface area contributed by atoms with Crippen molar-refractivity contribution >= 4 is 5.82 Å². The zero-order chi connectivity index (χ0) is 15.8. The highest BCUT2D eigenvalue weighted by molar-refractivity contribution is 5.41. The van der Waals surface area contributed by atoms with Gasteiger partial charge in [0, 0.05) is 19.2 Å². The number of alkyl halides is 3. The standard InChI is InChI=1S/C14H20F3N3O/c1-9-18-11(14(15,16)17)8-12(19-9)20-6-4-10(5-7-20)13(2,3)21/h8,10,21H,4-7H2,1-3H3. The van der Waals surface area contributed by atoms with Gasteiger partial charge in [0.05, 0.1) is 5.60 Å². The molecule has 1 N–H and O–H groups in total. The lowest BCUT2D eigenvalue weighted by Crippen LogP contribution is -2.42. The van der Waals surface area contributed by atoms with Gasteiger partial charge in [0.25, 0.3) is 0 Å². The van der Waals surface area contributed by atoms with Gasteiger partial charge in [-0.15, -0.1) is 0 Å². The third-order valence-electron chi connectivity index (χ3n) is 3.93. The average Bonchev–Trinajstić information content (AvgIpc) is 2.36. The highest BCUT2D eigenvalue weighted by atomic mass is 19.4. The van der Waals surface area contributed by atoms with Gasteiger partial charge in [-0.1, -0.05) is 0 Å². The van der Waals surface area contributed by atoms with Gasteiger partial charge >= 0.3 is 6.18 Å². The minimum atomic E-state index is -4.46. The SMILES string of the molecule is Cc1nc(N2CCC(C(C)(C)O)CC2)cc(C(F)(F)F)n1. The molecule has 0 bridgehead atoms. The summed E-state index contributed by atoms with van der Waals surface area (Å²) in [6, 6.07) is 0.997. The van der Waals surface area contributed by atoms with E-state index in [9.17, 15) is 18.3 Å². The van der Waals surface area contributed by atoms with E-state index in [1.807, 2.05) is 4.90 Å². The van der Waals surface area contributed by atoms with Crippen LogP contribution in [0.5, 0.6) is 0 Å². The maximum Gasteiger partial charge on any atom is 0.433 e. The van der Waals surface area contributed by atoms with Gasteiger partial charge in [-0.2, -0.15) is 13.2 Å². The Bertz CT molecular complexity index is 503. The largest absolute Gasteiger partial charge is 0.433 e. The number of hydrogen-bond donors (Lipinski definition) is 1. The summed E-state index contributed by atoms with van der Waals surface area (Å²) < 4.78 is 38.4. The van der Waals surface area contributed by atoms with Gasteiger partial charge in [-0.25, -0.2) is 9.97 Å². The van der Waals surface area contributed by atoms with Gasteiger partial charge in [-0.05, 0) is 39.5 Å². The molecular weight excluding hydrogens is 283 g/mol. The molecule has 0 atom stereocenters. The average molecular weight is 303 g/mol. The Morgan fingerprint density at radius 1 is 1.19 bits per heavy atom. The normalized spacial score (nSPS) is 18.1. The minimum Gasteiger partial charge on any atom is -0.390 e. The lowest BCUT2D eigenvalue weighted by molar-refractivity contribution is -0.141. The second kappa shape index (κ2) is 5.44. The smallest absolute Gasteiger partial charge is 0.390 e. The predicted octanol–water partition coefficient (Wildman–Crippen LogP) is 2.79. The van der Waals surface area contributed by atoms with Gasteiger partial charge < -0.3 is 10.0 Å². The van der Waals surface area contributed by atoms with E-state index in [0.29, 0.717) is 18.9 Å². The van der Waals surface area contributed by atoms with Crippen LogP contribution in [0.3, 0.4) is 0 Å². The van der Waals surface area contributed by atoms with Crippen molar-refractivity contribution in [3.05, 3.63) is 17.6 Å². The van der Waals surface area contributed by atoms with Gasteiger partial charge in [0.1, 0.15) is 17.3 Å². The number of anilines is 1. The predicted molar refractivity (Wildman–Crippen MR) is 73.0 cm³/mol. The summed E-state index contributed by atoms with van der Waals surface area (Å²) in [5.41, 5.74) is -1.67. The summed E-state index contributed by atoms with van der Waals surface area (Å²) in [5, 5.41) is 10.0. The van der Waals surface area contributed by atoms with Crippen LogP contribution >= 0.6 is 0 Å². The van der Waals surface area contributed by atoms with Crippen LogP contribution in [-0.4, -0.2) is 33.8 Å². The van der Waals surface area contributed by atoms with Crippen LogP contribution in [0.15, 0.2) is 6.07 Å². The Labute approximate surface area is 122 Å². The Balaban J connectivity index is 2.16. The quantitative estimate of drug-likeness (QED) is 0.913. The number of nitrogens with zero attached hydrogens (tertiary/aromatic N) is 3. The lowest BCUT2D eigenvalue weighted by atomic mass is 9.83. The summed E-state index contributed by atoms with van der Waals surface area (Å²) in [4.78, 5) is 9.39. The van der Waals surface area contributed by atoms with Crippen molar-refractivity contribution in [2.24, 2.45) is 5.92 Å². The van der Waals surface area contributed by atoms with E-state index in [4.69, 9.17) is 0 Å². The molecule has 4 nitrogen and oxygen atoms in total. The van der Waals surface area contributed by atoms with Crippen LogP contribution in [0.4, 0.5) is 19.0 Å². The van der Waals surface area contributed by atoms with Crippen LogP contribution in [0.1, 0.15) is 38.2 Å². The first kappa shape index (κ1) is 16.0. The summed E-state index contributed by atoms with van der Waals surface area (Å²) >= 11 is 0. The van der Waals surface area contributed by atoms with Crippen molar-refractivity contribution in [2.45, 2.75) is 45.4 Å². The molecule has 1 saturated heterocycles. The third kappa shape index (κ3) is 3.84. The Hall–Kier alpha value is -1.37. The molecule has 1 aliphatic rings. The number of piperidine rings is 1. The van der Waals surface area contributed by atoms with Gasteiger partial charge in [-0.3, -0.25) is 0 Å². The van der Waals surface area contributed by atoms with E-state index in [-0.39, 0.29) is 11.7 Å². The molecule has 1 aromatic rings. The number of aliphatic hydroxyl groups is 1. The van der Waals surface area contributed by atoms with E-state index in [1.54, 1.807) is 13.8 Å². The molecule has 2 rings (SSSR count). The maximum absolute atomic E-state index is 12.8. The molecule has 0 aromatic carbocycles. The molecule has 1 fully saturated rings. The first-order chi connectivity index (χ1) is 9.57. The summed E-state index contributed by atoms with van der Waals surface area (Å²) in [6.07, 6.45) is -3.00. The van der Waals surface area contributed by atoms with Crippen LogP contribution in [0.2, 0.25) is 0 Å². The first-order valence-electron chi connectivity index (χ1n) is 6.97. The fraction of sp³-hybridized carbons (Fsp3) is 0.714.